The topological polar surface area (TPSA) is 57.6 Å². The van der Waals surface area contributed by atoms with E-state index in [-0.39, 0.29) is 11.8 Å². The summed E-state index contributed by atoms with van der Waals surface area (Å²) in [5.74, 6) is -0.668. The smallest absolute Gasteiger partial charge is 0.326 e. The van der Waals surface area contributed by atoms with Gasteiger partial charge < -0.3 is 10.0 Å². The number of aliphatic carboxylic acids is 1. The Bertz CT molecular complexity index is 319. The quantitative estimate of drug-likeness (QED) is 0.837. The molecule has 19 heavy (non-hydrogen) atoms. The lowest BCUT2D eigenvalue weighted by Crippen LogP contribution is -2.43. The Morgan fingerprint density at radius 3 is 2.00 bits per heavy atom. The first-order valence-electron chi connectivity index (χ1n) is 7.73. The van der Waals surface area contributed by atoms with Gasteiger partial charge in [0.05, 0.1) is 0 Å². The molecule has 0 aromatic heterocycles. The number of carboxylic acids is 1. The van der Waals surface area contributed by atoms with E-state index in [0.717, 1.165) is 32.1 Å². The van der Waals surface area contributed by atoms with Gasteiger partial charge in [-0.15, -0.1) is 0 Å². The maximum Gasteiger partial charge on any atom is 0.326 e. The van der Waals surface area contributed by atoms with Crippen molar-refractivity contribution in [2.24, 2.45) is 5.92 Å². The highest BCUT2D eigenvalue weighted by atomic mass is 16.4. The fraction of sp³-hybridized carbons (Fsp3) is 0.867. The van der Waals surface area contributed by atoms with Gasteiger partial charge in [-0.1, -0.05) is 38.5 Å². The van der Waals surface area contributed by atoms with Crippen LogP contribution in [0.2, 0.25) is 0 Å². The summed E-state index contributed by atoms with van der Waals surface area (Å²) in [7, 11) is 0. The Balaban J connectivity index is 1.97. The van der Waals surface area contributed by atoms with Crippen LogP contribution in [0, 0.1) is 5.92 Å². The molecule has 1 saturated carbocycles. The summed E-state index contributed by atoms with van der Waals surface area (Å²) in [4.78, 5) is 25.4. The lowest BCUT2D eigenvalue weighted by Gasteiger charge is -2.26. The largest absolute Gasteiger partial charge is 0.480 e. The minimum Gasteiger partial charge on any atom is -0.480 e. The molecule has 1 heterocycles. The Kier molecular flexibility index (Phi) is 5.23. The van der Waals surface area contributed by atoms with Crippen LogP contribution in [0.5, 0.6) is 0 Å². The molecule has 2 rings (SSSR count). The van der Waals surface area contributed by atoms with Crippen molar-refractivity contribution >= 4 is 11.9 Å². The van der Waals surface area contributed by atoms with E-state index in [1.165, 1.54) is 25.7 Å². The normalized spacial score (nSPS) is 26.5. The van der Waals surface area contributed by atoms with Crippen molar-refractivity contribution in [1.29, 1.82) is 0 Å². The molecule has 0 aromatic carbocycles. The van der Waals surface area contributed by atoms with Crippen LogP contribution in [0.3, 0.4) is 0 Å². The van der Waals surface area contributed by atoms with Crippen molar-refractivity contribution in [3.8, 4) is 0 Å². The molecule has 2 fully saturated rings. The molecule has 1 aliphatic heterocycles. The van der Waals surface area contributed by atoms with E-state index < -0.39 is 12.0 Å². The summed E-state index contributed by atoms with van der Waals surface area (Å²) >= 11 is 0. The number of carbonyl (C=O) groups excluding carboxylic acids is 1. The zero-order valence-electron chi connectivity index (χ0n) is 11.6. The predicted molar refractivity (Wildman–Crippen MR) is 72.8 cm³/mol. The van der Waals surface area contributed by atoms with Gasteiger partial charge in [0.2, 0.25) is 5.91 Å². The van der Waals surface area contributed by atoms with Crippen molar-refractivity contribution in [1.82, 2.24) is 4.90 Å². The molecule has 0 spiro atoms. The number of carboxylic acid groups (broad SMARTS) is 1. The summed E-state index contributed by atoms with van der Waals surface area (Å²) in [6, 6.07) is -0.569. The Morgan fingerprint density at radius 1 is 0.842 bits per heavy atom. The molecule has 1 amide bonds. The van der Waals surface area contributed by atoms with E-state index in [1.54, 1.807) is 4.90 Å². The molecule has 2 aliphatic rings. The zero-order chi connectivity index (χ0) is 13.7. The minimum absolute atomic E-state index is 0.0676. The fourth-order valence-electron chi connectivity index (χ4n) is 3.40. The predicted octanol–water partition coefficient (Wildman–Crippen LogP) is 2.81. The number of nitrogens with zero attached hydrogens (tertiary/aromatic N) is 1. The van der Waals surface area contributed by atoms with Crippen molar-refractivity contribution < 1.29 is 14.7 Å². The average molecular weight is 267 g/mol. The lowest BCUT2D eigenvalue weighted by atomic mass is 9.95. The molecule has 0 bridgehead atoms. The highest BCUT2D eigenvalue weighted by Gasteiger charge is 2.36. The van der Waals surface area contributed by atoms with Crippen LogP contribution < -0.4 is 0 Å². The third-order valence-electron chi connectivity index (χ3n) is 4.53. The fourth-order valence-corrected chi connectivity index (χ4v) is 3.40. The molecular formula is C15H25NO3. The van der Waals surface area contributed by atoms with Crippen LogP contribution >= 0.6 is 0 Å². The molecule has 4 nitrogen and oxygen atoms in total. The zero-order valence-corrected chi connectivity index (χ0v) is 11.6. The minimum atomic E-state index is -0.839. The molecule has 108 valence electrons. The van der Waals surface area contributed by atoms with Gasteiger partial charge in [-0.2, -0.15) is 0 Å². The van der Waals surface area contributed by atoms with Crippen molar-refractivity contribution in [3.63, 3.8) is 0 Å². The summed E-state index contributed by atoms with van der Waals surface area (Å²) < 4.78 is 0. The van der Waals surface area contributed by atoms with Crippen molar-refractivity contribution in [2.45, 2.75) is 70.3 Å². The summed E-state index contributed by atoms with van der Waals surface area (Å²) in [6.45, 7) is 0.631. The van der Waals surface area contributed by atoms with E-state index in [0.29, 0.717) is 13.0 Å². The Hall–Kier alpha value is -1.06. The third kappa shape index (κ3) is 3.71. The van der Waals surface area contributed by atoms with Crippen LogP contribution in [0.1, 0.15) is 64.2 Å². The maximum atomic E-state index is 12.6. The second-order valence-corrected chi connectivity index (χ2v) is 5.92. The van der Waals surface area contributed by atoms with E-state index >= 15 is 0 Å². The lowest BCUT2D eigenvalue weighted by molar-refractivity contribution is -0.150. The summed E-state index contributed by atoms with van der Waals surface area (Å²) in [6.07, 6.45) is 10.6. The summed E-state index contributed by atoms with van der Waals surface area (Å²) in [5.41, 5.74) is 0. The Labute approximate surface area is 115 Å². The molecule has 1 unspecified atom stereocenters. The van der Waals surface area contributed by atoms with Crippen molar-refractivity contribution in [2.75, 3.05) is 6.54 Å². The first-order valence-corrected chi connectivity index (χ1v) is 7.73. The molecule has 1 saturated heterocycles. The number of carbonyl (C=O) groups is 2. The number of hydrogen-bond acceptors (Lipinski definition) is 2. The standard InChI is InChI=1S/C15H25NO3/c17-14(16-11-7-10-13(16)15(18)19)12-8-5-3-1-2-4-6-9-12/h12-13H,1-11H2,(H,18,19). The first-order chi connectivity index (χ1) is 9.20. The van der Waals surface area contributed by atoms with Gasteiger partial charge in [0.1, 0.15) is 6.04 Å². The molecule has 4 heteroatoms. The van der Waals surface area contributed by atoms with E-state index in [4.69, 9.17) is 0 Å². The Morgan fingerprint density at radius 2 is 1.42 bits per heavy atom. The second-order valence-electron chi connectivity index (χ2n) is 5.92. The highest BCUT2D eigenvalue weighted by Crippen LogP contribution is 2.27. The number of hydrogen-bond donors (Lipinski definition) is 1. The van der Waals surface area contributed by atoms with Crippen LogP contribution in [0.4, 0.5) is 0 Å². The number of amides is 1. The van der Waals surface area contributed by atoms with E-state index in [2.05, 4.69) is 0 Å². The van der Waals surface area contributed by atoms with Gasteiger partial charge in [0, 0.05) is 12.5 Å². The maximum absolute atomic E-state index is 12.6. The van der Waals surface area contributed by atoms with Crippen LogP contribution in [0.25, 0.3) is 0 Å². The summed E-state index contributed by atoms with van der Waals surface area (Å²) in [5, 5.41) is 9.18. The first kappa shape index (κ1) is 14.4. The average Bonchev–Trinajstić information content (AvgIpc) is 2.91. The molecular weight excluding hydrogens is 242 g/mol. The molecule has 1 atom stereocenters. The van der Waals surface area contributed by atoms with Crippen LogP contribution in [-0.2, 0) is 9.59 Å². The van der Waals surface area contributed by atoms with Gasteiger partial charge >= 0.3 is 5.97 Å². The molecule has 1 N–H and O–H groups in total. The molecule has 0 radical (unpaired) electrons. The second kappa shape index (κ2) is 6.92. The van der Waals surface area contributed by atoms with Gasteiger partial charge in [0.25, 0.3) is 0 Å². The molecule has 1 aliphatic carbocycles. The third-order valence-corrected chi connectivity index (χ3v) is 4.53. The van der Waals surface area contributed by atoms with Gasteiger partial charge in [-0.25, -0.2) is 4.79 Å². The van der Waals surface area contributed by atoms with Gasteiger partial charge in [0.15, 0.2) is 0 Å². The number of likely N-dealkylation sites (tertiary alicyclic amines) is 1. The highest BCUT2D eigenvalue weighted by molar-refractivity contribution is 5.85. The number of rotatable bonds is 2. The monoisotopic (exact) mass is 267 g/mol. The SMILES string of the molecule is O=C(O)C1CCCN1C(=O)C1CCCCCCCC1. The van der Waals surface area contributed by atoms with E-state index in [1.807, 2.05) is 0 Å². The van der Waals surface area contributed by atoms with Crippen molar-refractivity contribution in [3.05, 3.63) is 0 Å². The van der Waals surface area contributed by atoms with E-state index in [9.17, 15) is 14.7 Å². The van der Waals surface area contributed by atoms with Gasteiger partial charge in [-0.05, 0) is 25.7 Å². The van der Waals surface area contributed by atoms with Crippen LogP contribution in [-0.4, -0.2) is 34.5 Å². The molecule has 0 aromatic rings. The van der Waals surface area contributed by atoms with Gasteiger partial charge in [-0.3, -0.25) is 4.79 Å². The van der Waals surface area contributed by atoms with Crippen LogP contribution in [0.15, 0.2) is 0 Å².